The summed E-state index contributed by atoms with van der Waals surface area (Å²) in [6.07, 6.45) is 0. The Kier molecular flexibility index (Phi) is 3.56. The highest BCUT2D eigenvalue weighted by Gasteiger charge is 2.21. The lowest BCUT2D eigenvalue weighted by Gasteiger charge is -2.03. The molecule has 1 heterocycles. The van der Waals surface area contributed by atoms with Crippen molar-refractivity contribution in [2.75, 3.05) is 0 Å². The van der Waals surface area contributed by atoms with Gasteiger partial charge >= 0.3 is 5.00 Å². The van der Waals surface area contributed by atoms with E-state index in [0.717, 1.165) is 11.3 Å². The minimum atomic E-state index is -0.572. The fourth-order valence-electron chi connectivity index (χ4n) is 1.02. The van der Waals surface area contributed by atoms with E-state index in [9.17, 15) is 19.7 Å². The maximum atomic E-state index is 11.5. The molecule has 0 bridgehead atoms. The van der Waals surface area contributed by atoms with Gasteiger partial charge in [0.15, 0.2) is 0 Å². The molecule has 0 atom stereocenters. The number of hydrogen-bond donors (Lipinski definition) is 2. The molecule has 0 spiro atoms. The van der Waals surface area contributed by atoms with Crippen LogP contribution < -0.4 is 10.9 Å². The van der Waals surface area contributed by atoms with Crippen LogP contribution in [0.25, 0.3) is 0 Å². The number of thiophene rings is 1. The molecule has 1 aromatic rings. The summed E-state index contributed by atoms with van der Waals surface area (Å²) in [4.78, 5) is 32.0. The molecule has 0 unspecified atom stereocenters. The summed E-state index contributed by atoms with van der Waals surface area (Å²) >= 11 is 0.874. The van der Waals surface area contributed by atoms with E-state index in [-0.39, 0.29) is 16.1 Å². The summed E-state index contributed by atoms with van der Waals surface area (Å²) in [5, 5.41) is 11.8. The topological polar surface area (TPSA) is 101 Å². The van der Waals surface area contributed by atoms with Crippen LogP contribution >= 0.6 is 11.3 Å². The van der Waals surface area contributed by atoms with Crippen molar-refractivity contribution in [3.63, 3.8) is 0 Å². The van der Waals surface area contributed by atoms with Gasteiger partial charge in [-0.1, -0.05) is 11.3 Å². The zero-order valence-corrected chi connectivity index (χ0v) is 9.38. The van der Waals surface area contributed by atoms with Gasteiger partial charge < -0.3 is 0 Å². The SMILES string of the molecule is CC(=O)NNC(=O)c1csc([N+](=O)[O-])c1C. The lowest BCUT2D eigenvalue weighted by molar-refractivity contribution is -0.380. The smallest absolute Gasteiger partial charge is 0.274 e. The number of hydrogen-bond acceptors (Lipinski definition) is 5. The molecule has 0 aliphatic rings. The second kappa shape index (κ2) is 4.71. The second-order valence-electron chi connectivity index (χ2n) is 2.97. The first-order valence-corrected chi connectivity index (χ1v) is 5.11. The second-order valence-corrected chi connectivity index (χ2v) is 3.83. The molecule has 0 aliphatic heterocycles. The van der Waals surface area contributed by atoms with E-state index in [2.05, 4.69) is 10.9 Å². The molecule has 2 amide bonds. The van der Waals surface area contributed by atoms with Crippen LogP contribution in [-0.2, 0) is 4.79 Å². The van der Waals surface area contributed by atoms with Crippen LogP contribution in [0.2, 0.25) is 0 Å². The Morgan fingerprint density at radius 2 is 2.06 bits per heavy atom. The molecule has 86 valence electrons. The van der Waals surface area contributed by atoms with Crippen LogP contribution in [0, 0.1) is 17.0 Å². The van der Waals surface area contributed by atoms with Gasteiger partial charge in [-0.15, -0.1) is 0 Å². The third-order valence-electron chi connectivity index (χ3n) is 1.78. The average Bonchev–Trinajstić information content (AvgIpc) is 2.56. The van der Waals surface area contributed by atoms with Crippen molar-refractivity contribution in [3.8, 4) is 0 Å². The van der Waals surface area contributed by atoms with Crippen molar-refractivity contribution in [3.05, 3.63) is 26.6 Å². The van der Waals surface area contributed by atoms with Crippen LogP contribution in [0.4, 0.5) is 5.00 Å². The number of amides is 2. The zero-order valence-electron chi connectivity index (χ0n) is 8.57. The molecule has 7 nitrogen and oxygen atoms in total. The van der Waals surface area contributed by atoms with E-state index in [1.165, 1.54) is 19.2 Å². The predicted octanol–water partition coefficient (Wildman–Crippen LogP) is 0.746. The summed E-state index contributed by atoms with van der Waals surface area (Å²) in [5.74, 6) is -0.993. The molecule has 16 heavy (non-hydrogen) atoms. The van der Waals surface area contributed by atoms with Crippen LogP contribution in [-0.4, -0.2) is 16.7 Å². The molecule has 0 fully saturated rings. The lowest BCUT2D eigenvalue weighted by atomic mass is 10.2. The Morgan fingerprint density at radius 3 is 2.50 bits per heavy atom. The fraction of sp³-hybridized carbons (Fsp3) is 0.250. The molecule has 0 radical (unpaired) electrons. The van der Waals surface area contributed by atoms with Crippen molar-refractivity contribution in [1.29, 1.82) is 0 Å². The van der Waals surface area contributed by atoms with Gasteiger partial charge in [0.25, 0.3) is 5.91 Å². The molecular formula is C8H9N3O4S. The monoisotopic (exact) mass is 243 g/mol. The van der Waals surface area contributed by atoms with E-state index in [1.807, 2.05) is 0 Å². The van der Waals surface area contributed by atoms with Crippen LogP contribution in [0.1, 0.15) is 22.8 Å². The molecule has 0 saturated carbocycles. The highest BCUT2D eigenvalue weighted by atomic mass is 32.1. The average molecular weight is 243 g/mol. The van der Waals surface area contributed by atoms with Crippen molar-refractivity contribution in [1.82, 2.24) is 10.9 Å². The van der Waals surface area contributed by atoms with E-state index in [0.29, 0.717) is 0 Å². The Morgan fingerprint density at radius 1 is 1.44 bits per heavy atom. The number of nitro groups is 1. The Balaban J connectivity index is 2.84. The number of nitrogens with zero attached hydrogens (tertiary/aromatic N) is 1. The van der Waals surface area contributed by atoms with Gasteiger partial charge in [0.1, 0.15) is 0 Å². The van der Waals surface area contributed by atoms with E-state index < -0.39 is 16.7 Å². The maximum absolute atomic E-state index is 11.5. The molecule has 1 rings (SSSR count). The summed E-state index contributed by atoms with van der Waals surface area (Å²) < 4.78 is 0. The summed E-state index contributed by atoms with van der Waals surface area (Å²) in [7, 11) is 0. The number of nitrogens with one attached hydrogen (secondary N) is 2. The minimum absolute atomic E-state index is 0.0759. The first kappa shape index (κ1) is 12.1. The van der Waals surface area contributed by atoms with E-state index in [4.69, 9.17) is 0 Å². The quantitative estimate of drug-likeness (QED) is 0.591. The van der Waals surface area contributed by atoms with Gasteiger partial charge in [-0.3, -0.25) is 30.6 Å². The largest absolute Gasteiger partial charge is 0.327 e. The van der Waals surface area contributed by atoms with Gasteiger partial charge in [0.05, 0.1) is 16.1 Å². The van der Waals surface area contributed by atoms with Gasteiger partial charge in [-0.25, -0.2) is 0 Å². The van der Waals surface area contributed by atoms with Crippen molar-refractivity contribution in [2.24, 2.45) is 0 Å². The minimum Gasteiger partial charge on any atom is -0.274 e. The molecular weight excluding hydrogens is 234 g/mol. The predicted molar refractivity (Wildman–Crippen MR) is 57.0 cm³/mol. The van der Waals surface area contributed by atoms with Gasteiger partial charge in [0, 0.05) is 12.3 Å². The number of carbonyl (C=O) groups is 2. The summed E-state index contributed by atoms with van der Waals surface area (Å²) in [6.45, 7) is 2.72. The molecule has 0 aliphatic carbocycles. The van der Waals surface area contributed by atoms with Crippen LogP contribution in [0.15, 0.2) is 5.38 Å². The molecule has 8 heteroatoms. The number of hydrazine groups is 1. The van der Waals surface area contributed by atoms with Gasteiger partial charge in [0.2, 0.25) is 5.91 Å². The molecule has 0 aromatic carbocycles. The van der Waals surface area contributed by atoms with Crippen molar-refractivity contribution in [2.45, 2.75) is 13.8 Å². The fourth-order valence-corrected chi connectivity index (χ4v) is 1.91. The van der Waals surface area contributed by atoms with Crippen molar-refractivity contribution >= 4 is 28.2 Å². The third kappa shape index (κ3) is 2.54. The van der Waals surface area contributed by atoms with Crippen LogP contribution in [0.5, 0.6) is 0 Å². The van der Waals surface area contributed by atoms with Gasteiger partial charge in [-0.2, -0.15) is 0 Å². The Bertz CT molecular complexity index is 454. The molecule has 2 N–H and O–H groups in total. The Labute approximate surface area is 94.6 Å². The highest BCUT2D eigenvalue weighted by molar-refractivity contribution is 7.13. The third-order valence-corrected chi connectivity index (χ3v) is 2.81. The van der Waals surface area contributed by atoms with Crippen LogP contribution in [0.3, 0.4) is 0 Å². The summed E-state index contributed by atoms with van der Waals surface area (Å²) in [5.41, 5.74) is 4.72. The first-order valence-electron chi connectivity index (χ1n) is 4.23. The number of carbonyl (C=O) groups excluding carboxylic acids is 2. The Hall–Kier alpha value is -1.96. The van der Waals surface area contributed by atoms with E-state index in [1.54, 1.807) is 0 Å². The van der Waals surface area contributed by atoms with Crippen molar-refractivity contribution < 1.29 is 14.5 Å². The molecule has 1 aromatic heterocycles. The zero-order chi connectivity index (χ0) is 12.3. The maximum Gasteiger partial charge on any atom is 0.327 e. The number of rotatable bonds is 2. The standard InChI is InChI=1S/C8H9N3O4S/c1-4-6(3-16-8(4)11(14)15)7(13)10-9-5(2)12/h3H,1-2H3,(H,9,12)(H,10,13). The summed E-state index contributed by atoms with van der Waals surface area (Å²) in [6, 6.07) is 0. The van der Waals surface area contributed by atoms with E-state index >= 15 is 0 Å². The van der Waals surface area contributed by atoms with Gasteiger partial charge in [-0.05, 0) is 6.92 Å². The molecule has 0 saturated heterocycles. The lowest BCUT2D eigenvalue weighted by Crippen LogP contribution is -2.40. The normalized spacial score (nSPS) is 9.62. The first-order chi connectivity index (χ1) is 7.43. The highest BCUT2D eigenvalue weighted by Crippen LogP contribution is 2.28.